The maximum Gasteiger partial charge on any atom is 0.251 e. The van der Waals surface area contributed by atoms with Gasteiger partial charge in [0.25, 0.3) is 5.91 Å². The molecule has 0 saturated carbocycles. The summed E-state index contributed by atoms with van der Waals surface area (Å²) in [5.74, 6) is 0.520. The number of aryl methyl sites for hydroxylation is 2. The average Bonchev–Trinajstić information content (AvgIpc) is 2.78. The Bertz CT molecular complexity index is 1040. The summed E-state index contributed by atoms with van der Waals surface area (Å²) in [7, 11) is -1.98. The topological polar surface area (TPSA) is 75.7 Å². The number of hydrogen-bond acceptors (Lipinski definition) is 4. The van der Waals surface area contributed by atoms with E-state index < -0.39 is 10.0 Å². The van der Waals surface area contributed by atoms with Crippen LogP contribution >= 0.6 is 0 Å². The summed E-state index contributed by atoms with van der Waals surface area (Å²) in [6.45, 7) is 6.81. The molecule has 1 N–H and O–H groups in total. The standard InChI is InChI=1S/C24H32N2O4S/c1-5-21(19-11-12-22(30-4)18(3)15-19)25-24(27)20-10-9-17(2)23(16-20)31(28,29)26-13-7-6-8-14-26/h9-12,15-16,21H,5-8,13-14H2,1-4H3,(H,25,27)/t21-/m1/s1. The van der Waals surface area contributed by atoms with Crippen LogP contribution in [0.15, 0.2) is 41.3 Å². The van der Waals surface area contributed by atoms with Gasteiger partial charge >= 0.3 is 0 Å². The highest BCUT2D eigenvalue weighted by molar-refractivity contribution is 7.89. The van der Waals surface area contributed by atoms with Gasteiger partial charge in [0.15, 0.2) is 0 Å². The highest BCUT2D eigenvalue weighted by Gasteiger charge is 2.28. The van der Waals surface area contributed by atoms with Crippen LogP contribution in [-0.2, 0) is 10.0 Å². The van der Waals surface area contributed by atoms with Crippen LogP contribution in [-0.4, -0.2) is 38.8 Å². The number of benzene rings is 2. The second-order valence-corrected chi connectivity index (χ2v) is 10.0. The van der Waals surface area contributed by atoms with Crippen molar-refractivity contribution in [3.05, 3.63) is 58.7 Å². The van der Waals surface area contributed by atoms with Crippen LogP contribution in [0, 0.1) is 13.8 Å². The van der Waals surface area contributed by atoms with Crippen LogP contribution in [0.5, 0.6) is 5.75 Å². The number of rotatable bonds is 7. The van der Waals surface area contributed by atoms with Crippen molar-refractivity contribution < 1.29 is 17.9 Å². The smallest absolute Gasteiger partial charge is 0.251 e. The molecular formula is C24H32N2O4S. The van der Waals surface area contributed by atoms with Gasteiger partial charge in [0.05, 0.1) is 18.0 Å². The van der Waals surface area contributed by atoms with Gasteiger partial charge in [0, 0.05) is 18.7 Å². The summed E-state index contributed by atoms with van der Waals surface area (Å²) in [4.78, 5) is 13.2. The second-order valence-electron chi connectivity index (χ2n) is 8.11. The Morgan fingerprint density at radius 3 is 2.39 bits per heavy atom. The molecule has 0 aromatic heterocycles. The van der Waals surface area contributed by atoms with E-state index in [9.17, 15) is 13.2 Å². The molecule has 2 aromatic carbocycles. The first-order chi connectivity index (χ1) is 14.8. The van der Waals surface area contributed by atoms with E-state index in [1.807, 2.05) is 32.0 Å². The number of methoxy groups -OCH3 is 1. The van der Waals surface area contributed by atoms with Gasteiger partial charge in [-0.25, -0.2) is 8.42 Å². The number of hydrogen-bond donors (Lipinski definition) is 1. The minimum absolute atomic E-state index is 0.180. The largest absolute Gasteiger partial charge is 0.496 e. The third-order valence-electron chi connectivity index (χ3n) is 5.92. The van der Waals surface area contributed by atoms with Gasteiger partial charge in [-0.05, 0) is 68.0 Å². The van der Waals surface area contributed by atoms with E-state index in [2.05, 4.69) is 5.32 Å². The maximum atomic E-state index is 13.2. The summed E-state index contributed by atoms with van der Waals surface area (Å²) >= 11 is 0. The van der Waals surface area contributed by atoms with Crippen molar-refractivity contribution in [2.45, 2.75) is 57.4 Å². The van der Waals surface area contributed by atoms with Gasteiger partial charge in [-0.2, -0.15) is 4.31 Å². The van der Waals surface area contributed by atoms with Crippen LogP contribution in [0.25, 0.3) is 0 Å². The van der Waals surface area contributed by atoms with Crippen LogP contribution < -0.4 is 10.1 Å². The molecule has 1 saturated heterocycles. The number of carbonyl (C=O) groups excluding carboxylic acids is 1. The molecular weight excluding hydrogens is 412 g/mol. The van der Waals surface area contributed by atoms with Gasteiger partial charge < -0.3 is 10.1 Å². The van der Waals surface area contributed by atoms with E-state index in [1.165, 1.54) is 10.4 Å². The summed E-state index contributed by atoms with van der Waals surface area (Å²) < 4.78 is 33.2. The first-order valence-electron chi connectivity index (χ1n) is 10.8. The van der Waals surface area contributed by atoms with Gasteiger partial charge in [-0.15, -0.1) is 0 Å². The molecule has 0 spiro atoms. The van der Waals surface area contributed by atoms with Crippen molar-refractivity contribution in [1.29, 1.82) is 0 Å². The minimum atomic E-state index is -3.61. The normalized spacial score (nSPS) is 16.0. The van der Waals surface area contributed by atoms with Crippen LogP contribution in [0.1, 0.15) is 65.7 Å². The molecule has 1 fully saturated rings. The lowest BCUT2D eigenvalue weighted by Crippen LogP contribution is -2.36. The zero-order chi connectivity index (χ0) is 22.6. The lowest BCUT2D eigenvalue weighted by atomic mass is 10.0. The van der Waals surface area contributed by atoms with Crippen molar-refractivity contribution in [1.82, 2.24) is 9.62 Å². The van der Waals surface area contributed by atoms with Crippen molar-refractivity contribution in [2.75, 3.05) is 20.2 Å². The molecule has 1 atom stereocenters. The molecule has 0 aliphatic carbocycles. The molecule has 1 aliphatic heterocycles. The first kappa shape index (κ1) is 23.3. The number of nitrogens with one attached hydrogen (secondary N) is 1. The Morgan fingerprint density at radius 1 is 1.06 bits per heavy atom. The molecule has 2 aromatic rings. The molecule has 3 rings (SSSR count). The van der Waals surface area contributed by atoms with E-state index in [4.69, 9.17) is 4.74 Å². The highest BCUT2D eigenvalue weighted by Crippen LogP contribution is 2.26. The van der Waals surface area contributed by atoms with Crippen molar-refractivity contribution in [3.63, 3.8) is 0 Å². The fourth-order valence-electron chi connectivity index (χ4n) is 4.04. The number of ether oxygens (including phenoxy) is 1. The SMILES string of the molecule is CC[C@@H](NC(=O)c1ccc(C)c(S(=O)(=O)N2CCCCC2)c1)c1ccc(OC)c(C)c1. The van der Waals surface area contributed by atoms with Crippen LogP contribution in [0.2, 0.25) is 0 Å². The maximum absolute atomic E-state index is 13.2. The Balaban J connectivity index is 1.84. The third kappa shape index (κ3) is 5.10. The second kappa shape index (κ2) is 9.83. The van der Waals surface area contributed by atoms with E-state index in [0.717, 1.165) is 36.1 Å². The summed E-state index contributed by atoms with van der Waals surface area (Å²) in [6.07, 6.45) is 3.51. The monoisotopic (exact) mass is 444 g/mol. The molecule has 1 heterocycles. The quantitative estimate of drug-likeness (QED) is 0.688. The number of amides is 1. The van der Waals surface area contributed by atoms with E-state index >= 15 is 0 Å². The third-order valence-corrected chi connectivity index (χ3v) is 7.96. The Hall–Kier alpha value is -2.38. The predicted molar refractivity (Wildman–Crippen MR) is 122 cm³/mol. The van der Waals surface area contributed by atoms with Gasteiger partial charge in [-0.3, -0.25) is 4.79 Å². The van der Waals surface area contributed by atoms with Crippen molar-refractivity contribution in [2.24, 2.45) is 0 Å². The van der Waals surface area contributed by atoms with E-state index in [-0.39, 0.29) is 16.8 Å². The fourth-order valence-corrected chi connectivity index (χ4v) is 5.81. The molecule has 0 radical (unpaired) electrons. The average molecular weight is 445 g/mol. The summed E-state index contributed by atoms with van der Waals surface area (Å²) in [6, 6.07) is 10.6. The zero-order valence-electron chi connectivity index (χ0n) is 18.8. The zero-order valence-corrected chi connectivity index (χ0v) is 19.6. The number of sulfonamides is 1. The van der Waals surface area contributed by atoms with Crippen LogP contribution in [0.3, 0.4) is 0 Å². The molecule has 6 nitrogen and oxygen atoms in total. The van der Waals surface area contributed by atoms with Crippen molar-refractivity contribution in [3.8, 4) is 5.75 Å². The molecule has 168 valence electrons. The lowest BCUT2D eigenvalue weighted by molar-refractivity contribution is 0.0935. The fraction of sp³-hybridized carbons (Fsp3) is 0.458. The Morgan fingerprint density at radius 2 is 1.77 bits per heavy atom. The molecule has 31 heavy (non-hydrogen) atoms. The minimum Gasteiger partial charge on any atom is -0.496 e. The lowest BCUT2D eigenvalue weighted by Gasteiger charge is -2.26. The first-order valence-corrected chi connectivity index (χ1v) is 12.3. The molecule has 0 bridgehead atoms. The summed E-state index contributed by atoms with van der Waals surface area (Å²) in [5, 5.41) is 3.05. The van der Waals surface area contributed by atoms with Gasteiger partial charge in [0.2, 0.25) is 10.0 Å². The molecule has 1 amide bonds. The van der Waals surface area contributed by atoms with Gasteiger partial charge in [-0.1, -0.05) is 31.5 Å². The highest BCUT2D eigenvalue weighted by atomic mass is 32.2. The molecule has 0 unspecified atom stereocenters. The molecule has 1 aliphatic rings. The van der Waals surface area contributed by atoms with Crippen LogP contribution in [0.4, 0.5) is 0 Å². The van der Waals surface area contributed by atoms with Crippen molar-refractivity contribution >= 4 is 15.9 Å². The Labute approximate surface area is 185 Å². The Kier molecular flexibility index (Phi) is 7.38. The predicted octanol–water partition coefficient (Wildman–Crippen LogP) is 4.37. The number of nitrogens with zero attached hydrogens (tertiary/aromatic N) is 1. The summed E-state index contributed by atoms with van der Waals surface area (Å²) in [5.41, 5.74) is 2.99. The van der Waals surface area contributed by atoms with E-state index in [1.54, 1.807) is 26.2 Å². The van der Waals surface area contributed by atoms with E-state index in [0.29, 0.717) is 30.6 Å². The number of piperidine rings is 1. The molecule has 7 heteroatoms. The number of carbonyl (C=O) groups is 1. The van der Waals surface area contributed by atoms with Gasteiger partial charge in [0.1, 0.15) is 5.75 Å².